The Balaban J connectivity index is 1.99. The van der Waals surface area contributed by atoms with Crippen molar-refractivity contribution in [2.24, 2.45) is 0 Å². The third-order valence-electron chi connectivity index (χ3n) is 3.93. The number of nitrogens with zero attached hydrogens (tertiary/aromatic N) is 1. The molecule has 0 saturated carbocycles. The molecule has 0 amide bonds. The number of hydrogen-bond donors (Lipinski definition) is 1. The predicted octanol–water partition coefficient (Wildman–Crippen LogP) is 3.30. The number of rotatable bonds is 6. The van der Waals surface area contributed by atoms with Crippen molar-refractivity contribution in [2.45, 2.75) is 51.6 Å². The maximum absolute atomic E-state index is 11.4. The molecule has 1 aliphatic heterocycles. The zero-order valence-corrected chi connectivity index (χ0v) is 12.8. The second kappa shape index (κ2) is 8.03. The fraction of sp³-hybridized carbons (Fsp3) is 0.588. The van der Waals surface area contributed by atoms with E-state index in [4.69, 9.17) is 4.74 Å². The van der Waals surface area contributed by atoms with Gasteiger partial charge in [-0.2, -0.15) is 0 Å². The Morgan fingerprint density at radius 2 is 2.05 bits per heavy atom. The quantitative estimate of drug-likeness (QED) is 0.873. The van der Waals surface area contributed by atoms with Crippen molar-refractivity contribution in [1.29, 1.82) is 0 Å². The fourth-order valence-corrected chi connectivity index (χ4v) is 2.78. The first-order valence-corrected chi connectivity index (χ1v) is 7.89. The smallest absolute Gasteiger partial charge is 0.320 e. The number of hydrogen-bond acceptors (Lipinski definition) is 3. The molecule has 1 fully saturated rings. The van der Waals surface area contributed by atoms with Gasteiger partial charge in [-0.3, -0.25) is 9.69 Å². The Kier molecular flexibility index (Phi) is 6.05. The monoisotopic (exact) mass is 291 g/mol. The molecule has 0 aliphatic carbocycles. The number of benzene rings is 1. The molecule has 1 N–H and O–H groups in total. The molecule has 21 heavy (non-hydrogen) atoms. The van der Waals surface area contributed by atoms with Crippen molar-refractivity contribution < 1.29 is 14.6 Å². The van der Waals surface area contributed by atoms with E-state index in [1.54, 1.807) is 0 Å². The molecule has 1 aromatic rings. The minimum atomic E-state index is -0.695. The van der Waals surface area contributed by atoms with E-state index in [2.05, 4.69) is 11.8 Å². The van der Waals surface area contributed by atoms with Gasteiger partial charge >= 0.3 is 5.97 Å². The summed E-state index contributed by atoms with van der Waals surface area (Å²) in [4.78, 5) is 13.5. The van der Waals surface area contributed by atoms with Crippen LogP contribution in [-0.4, -0.2) is 35.2 Å². The molecule has 0 spiro atoms. The molecule has 116 valence electrons. The predicted molar refractivity (Wildman–Crippen MR) is 82.5 cm³/mol. The van der Waals surface area contributed by atoms with Gasteiger partial charge in [0.25, 0.3) is 0 Å². The van der Waals surface area contributed by atoms with Crippen LogP contribution in [0, 0.1) is 0 Å². The topological polar surface area (TPSA) is 49.8 Å². The Morgan fingerprint density at radius 3 is 2.71 bits per heavy atom. The Morgan fingerprint density at radius 1 is 1.29 bits per heavy atom. The highest BCUT2D eigenvalue weighted by Crippen LogP contribution is 2.21. The molecule has 0 aromatic heterocycles. The van der Waals surface area contributed by atoms with E-state index in [9.17, 15) is 9.90 Å². The van der Waals surface area contributed by atoms with E-state index in [-0.39, 0.29) is 6.04 Å². The van der Waals surface area contributed by atoms with E-state index in [0.717, 1.165) is 56.6 Å². The normalized spacial score (nSPS) is 20.0. The molecule has 1 unspecified atom stereocenters. The van der Waals surface area contributed by atoms with Crippen molar-refractivity contribution >= 4 is 5.97 Å². The summed E-state index contributed by atoms with van der Waals surface area (Å²) < 4.78 is 5.57. The lowest BCUT2D eigenvalue weighted by molar-refractivity contribution is -0.143. The first-order chi connectivity index (χ1) is 10.2. The van der Waals surface area contributed by atoms with Gasteiger partial charge in [0.15, 0.2) is 0 Å². The molecule has 2 rings (SSSR count). The number of aliphatic carboxylic acids is 1. The van der Waals surface area contributed by atoms with E-state index < -0.39 is 5.97 Å². The van der Waals surface area contributed by atoms with Crippen LogP contribution in [0.5, 0.6) is 5.75 Å². The van der Waals surface area contributed by atoms with Crippen LogP contribution in [0.4, 0.5) is 0 Å². The second-order valence-corrected chi connectivity index (χ2v) is 5.67. The first kappa shape index (κ1) is 15.8. The molecule has 4 heteroatoms. The SMILES string of the molecule is CCCOc1ccc(CN2CCCCCC2C(=O)O)cc1. The number of carboxylic acid groups (broad SMARTS) is 1. The molecule has 1 aromatic carbocycles. The number of likely N-dealkylation sites (tertiary alicyclic amines) is 1. The van der Waals surface area contributed by atoms with E-state index in [1.807, 2.05) is 24.3 Å². The largest absolute Gasteiger partial charge is 0.494 e. The molecular formula is C17H25NO3. The standard InChI is InChI=1S/C17H25NO3/c1-2-12-21-15-9-7-14(8-10-15)13-18-11-5-3-4-6-16(18)17(19)20/h7-10,16H,2-6,11-13H2,1H3,(H,19,20). The zero-order valence-electron chi connectivity index (χ0n) is 12.8. The molecular weight excluding hydrogens is 266 g/mol. The number of carbonyl (C=O) groups is 1. The molecule has 1 aliphatic rings. The van der Waals surface area contributed by atoms with Gasteiger partial charge in [0, 0.05) is 6.54 Å². The van der Waals surface area contributed by atoms with Crippen molar-refractivity contribution in [3.8, 4) is 5.75 Å². The van der Waals surface area contributed by atoms with Gasteiger partial charge in [-0.15, -0.1) is 0 Å². The average Bonchev–Trinajstić information content (AvgIpc) is 2.72. The number of carboxylic acids is 1. The van der Waals surface area contributed by atoms with Crippen LogP contribution in [0.2, 0.25) is 0 Å². The lowest BCUT2D eigenvalue weighted by atomic mass is 10.1. The van der Waals surface area contributed by atoms with Crippen LogP contribution in [-0.2, 0) is 11.3 Å². The van der Waals surface area contributed by atoms with Crippen molar-refractivity contribution in [3.05, 3.63) is 29.8 Å². The highest BCUT2D eigenvalue weighted by Gasteiger charge is 2.26. The van der Waals surface area contributed by atoms with Gasteiger partial charge in [0.1, 0.15) is 11.8 Å². The summed E-state index contributed by atoms with van der Waals surface area (Å²) in [5, 5.41) is 9.39. The minimum Gasteiger partial charge on any atom is -0.494 e. The van der Waals surface area contributed by atoms with Crippen molar-refractivity contribution in [2.75, 3.05) is 13.2 Å². The maximum Gasteiger partial charge on any atom is 0.320 e. The Hall–Kier alpha value is -1.55. The van der Waals surface area contributed by atoms with Gasteiger partial charge in [-0.05, 0) is 43.5 Å². The summed E-state index contributed by atoms with van der Waals surface area (Å²) in [7, 11) is 0. The zero-order chi connectivity index (χ0) is 15.1. The minimum absolute atomic E-state index is 0.344. The van der Waals surface area contributed by atoms with Crippen molar-refractivity contribution in [3.63, 3.8) is 0 Å². The van der Waals surface area contributed by atoms with Crippen LogP contribution in [0.1, 0.15) is 44.6 Å². The van der Waals surface area contributed by atoms with E-state index in [1.165, 1.54) is 0 Å². The Labute approximate surface area is 126 Å². The lowest BCUT2D eigenvalue weighted by Gasteiger charge is -2.26. The van der Waals surface area contributed by atoms with Gasteiger partial charge < -0.3 is 9.84 Å². The maximum atomic E-state index is 11.4. The molecule has 1 atom stereocenters. The first-order valence-electron chi connectivity index (χ1n) is 7.89. The molecule has 1 saturated heterocycles. The average molecular weight is 291 g/mol. The van der Waals surface area contributed by atoms with Gasteiger partial charge in [-0.1, -0.05) is 31.9 Å². The third kappa shape index (κ3) is 4.74. The van der Waals surface area contributed by atoms with E-state index in [0.29, 0.717) is 6.54 Å². The third-order valence-corrected chi connectivity index (χ3v) is 3.93. The molecule has 0 bridgehead atoms. The van der Waals surface area contributed by atoms with Crippen LogP contribution >= 0.6 is 0 Å². The number of ether oxygens (including phenoxy) is 1. The second-order valence-electron chi connectivity index (χ2n) is 5.67. The van der Waals surface area contributed by atoms with E-state index >= 15 is 0 Å². The van der Waals surface area contributed by atoms with Crippen LogP contribution < -0.4 is 4.74 Å². The van der Waals surface area contributed by atoms with Crippen LogP contribution in [0.15, 0.2) is 24.3 Å². The summed E-state index contributed by atoms with van der Waals surface area (Å²) in [6, 6.07) is 7.67. The molecule has 0 radical (unpaired) electrons. The van der Waals surface area contributed by atoms with Gasteiger partial charge in [0.2, 0.25) is 0 Å². The summed E-state index contributed by atoms with van der Waals surface area (Å²) in [5.74, 6) is 0.186. The molecule has 4 nitrogen and oxygen atoms in total. The van der Waals surface area contributed by atoms with Crippen LogP contribution in [0.25, 0.3) is 0 Å². The van der Waals surface area contributed by atoms with Gasteiger partial charge in [0.05, 0.1) is 6.61 Å². The van der Waals surface area contributed by atoms with Crippen LogP contribution in [0.3, 0.4) is 0 Å². The summed E-state index contributed by atoms with van der Waals surface area (Å²) in [6.45, 7) is 4.38. The summed E-state index contributed by atoms with van der Waals surface area (Å²) >= 11 is 0. The fourth-order valence-electron chi connectivity index (χ4n) is 2.78. The highest BCUT2D eigenvalue weighted by atomic mass is 16.5. The van der Waals surface area contributed by atoms with Gasteiger partial charge in [-0.25, -0.2) is 0 Å². The lowest BCUT2D eigenvalue weighted by Crippen LogP contribution is -2.40. The summed E-state index contributed by atoms with van der Waals surface area (Å²) in [5.41, 5.74) is 1.15. The Bertz CT molecular complexity index is 444. The molecule has 1 heterocycles. The van der Waals surface area contributed by atoms with Crippen molar-refractivity contribution in [1.82, 2.24) is 4.90 Å². The summed E-state index contributed by atoms with van der Waals surface area (Å²) in [6.07, 6.45) is 4.98. The highest BCUT2D eigenvalue weighted by molar-refractivity contribution is 5.73.